The molecule has 0 aliphatic rings. The molecule has 0 atom stereocenters. The summed E-state index contributed by atoms with van der Waals surface area (Å²) in [7, 11) is 0. The van der Waals surface area contributed by atoms with Crippen LogP contribution in [-0.4, -0.2) is 29.2 Å². The number of rotatable bonds is 6. The van der Waals surface area contributed by atoms with Gasteiger partial charge in [0.05, 0.1) is 34.2 Å². The van der Waals surface area contributed by atoms with Gasteiger partial charge >= 0.3 is 0 Å². The van der Waals surface area contributed by atoms with Crippen LogP contribution in [0.2, 0.25) is 0 Å². The van der Waals surface area contributed by atoms with Crippen LogP contribution in [0, 0.1) is 13.8 Å². The van der Waals surface area contributed by atoms with Crippen molar-refractivity contribution >= 4 is 45.7 Å². The molecule has 0 aliphatic heterocycles. The summed E-state index contributed by atoms with van der Waals surface area (Å²) >= 11 is 0. The van der Waals surface area contributed by atoms with Crippen molar-refractivity contribution in [2.24, 2.45) is 20.5 Å². The molecular weight excluding hydrogens is 625 g/mol. The molecule has 8 rings (SSSR count). The first kappa shape index (κ1) is 31.5. The molecule has 0 fully saturated rings. The van der Waals surface area contributed by atoms with E-state index in [9.17, 15) is 0 Å². The van der Waals surface area contributed by atoms with Crippen LogP contribution in [0.5, 0.6) is 0 Å². The van der Waals surface area contributed by atoms with Crippen LogP contribution in [-0.2, 0) is 0 Å². The van der Waals surface area contributed by atoms with Crippen molar-refractivity contribution < 1.29 is 0 Å². The molecule has 4 aromatic carbocycles. The Labute approximate surface area is 287 Å². The van der Waals surface area contributed by atoms with Gasteiger partial charge in [-0.25, -0.2) is 9.97 Å². The van der Waals surface area contributed by atoms with Gasteiger partial charge in [-0.05, 0) is 38.1 Å². The maximum atomic E-state index is 6.28. The highest BCUT2D eigenvalue weighted by Gasteiger charge is 2.15. The quantitative estimate of drug-likeness (QED) is 0.169. The molecule has 12 nitrogen and oxygen atoms in total. The first-order chi connectivity index (χ1) is 24.4. The van der Waals surface area contributed by atoms with E-state index in [1.165, 1.54) is 0 Å². The van der Waals surface area contributed by atoms with Gasteiger partial charge in [-0.1, -0.05) is 97.1 Å². The summed E-state index contributed by atoms with van der Waals surface area (Å²) in [5.41, 5.74) is 21.6. The molecule has 4 aromatic heterocycles. The van der Waals surface area contributed by atoms with Crippen molar-refractivity contribution in [2.45, 2.75) is 13.8 Å². The second-order valence-electron chi connectivity index (χ2n) is 11.3. The molecule has 50 heavy (non-hydrogen) atoms. The minimum absolute atomic E-state index is 0.421. The van der Waals surface area contributed by atoms with Crippen LogP contribution in [0.3, 0.4) is 0 Å². The van der Waals surface area contributed by atoms with Gasteiger partial charge in [0.15, 0.2) is 22.9 Å². The van der Waals surface area contributed by atoms with Crippen LogP contribution >= 0.6 is 0 Å². The number of benzene rings is 4. The molecule has 8 aromatic rings. The Morgan fingerprint density at radius 2 is 0.800 bits per heavy atom. The van der Waals surface area contributed by atoms with Crippen molar-refractivity contribution in [3.05, 3.63) is 145 Å². The number of nitrogens with two attached hydrogens (primary N) is 2. The molecule has 244 valence electrons. The first-order valence-corrected chi connectivity index (χ1v) is 15.8. The molecule has 0 amide bonds. The topological polar surface area (TPSA) is 162 Å². The minimum atomic E-state index is 0.421. The monoisotopic (exact) mass is 656 g/mol. The van der Waals surface area contributed by atoms with E-state index in [-0.39, 0.29) is 0 Å². The second kappa shape index (κ2) is 14.0. The van der Waals surface area contributed by atoms with Gasteiger partial charge in [0, 0.05) is 23.3 Å². The third-order valence-electron chi connectivity index (χ3n) is 7.76. The Hall–Kier alpha value is -7.08. The Balaban J connectivity index is 0.000000157. The lowest BCUT2D eigenvalue weighted by atomic mass is 10.2. The Bertz CT molecular complexity index is 2280. The van der Waals surface area contributed by atoms with E-state index in [1.807, 2.05) is 147 Å². The van der Waals surface area contributed by atoms with E-state index in [4.69, 9.17) is 11.5 Å². The summed E-state index contributed by atoms with van der Waals surface area (Å²) in [6.07, 6.45) is 0. The van der Waals surface area contributed by atoms with Gasteiger partial charge < -0.3 is 11.5 Å². The van der Waals surface area contributed by atoms with Gasteiger partial charge in [-0.3, -0.25) is 0 Å². The largest absolute Gasteiger partial charge is 0.382 e. The number of anilines is 2. The Morgan fingerprint density at radius 3 is 1.16 bits per heavy atom. The van der Waals surface area contributed by atoms with Gasteiger partial charge in [0.2, 0.25) is 0 Å². The second-order valence-corrected chi connectivity index (χ2v) is 11.3. The standard InChI is InChI=1S/2C19H16N6/c2*1-13-18(23-22-15-10-6-3-7-11-15)19(20)25-17(21-13)12-16(24-25)14-8-4-2-5-9-14/h2*2-12H,20H2,1H3. The normalized spacial score (nSPS) is 11.4. The summed E-state index contributed by atoms with van der Waals surface area (Å²) in [5.74, 6) is 0.841. The molecule has 4 N–H and O–H groups in total. The Kier molecular flexibility index (Phi) is 8.80. The molecule has 0 radical (unpaired) electrons. The average Bonchev–Trinajstić information content (AvgIpc) is 3.79. The fraction of sp³-hybridized carbons (Fsp3) is 0.0526. The van der Waals surface area contributed by atoms with E-state index < -0.39 is 0 Å². The van der Waals surface area contributed by atoms with E-state index in [0.717, 1.165) is 33.9 Å². The van der Waals surface area contributed by atoms with E-state index in [1.54, 1.807) is 9.03 Å². The summed E-state index contributed by atoms with van der Waals surface area (Å²) in [4.78, 5) is 9.12. The highest BCUT2D eigenvalue weighted by atomic mass is 15.3. The molecule has 0 spiro atoms. The van der Waals surface area contributed by atoms with Crippen molar-refractivity contribution in [2.75, 3.05) is 11.5 Å². The predicted octanol–water partition coefficient (Wildman–Crippen LogP) is 9.40. The number of nitrogens with zero attached hydrogens (tertiary/aromatic N) is 10. The third-order valence-corrected chi connectivity index (χ3v) is 7.76. The Morgan fingerprint density at radius 1 is 0.460 bits per heavy atom. The molecule has 0 saturated heterocycles. The molecule has 0 aliphatic carbocycles. The SMILES string of the molecule is Cc1nc2cc(-c3ccccc3)nn2c(N)c1N=Nc1ccccc1.Cc1nc2cc(-c3ccccc3)nn2c(N)c1N=Nc1ccccc1. The van der Waals surface area contributed by atoms with Gasteiger partial charge in [0.1, 0.15) is 11.4 Å². The number of azo groups is 2. The number of aryl methyl sites for hydroxylation is 2. The summed E-state index contributed by atoms with van der Waals surface area (Å²) in [6, 6.07) is 42.7. The zero-order valence-electron chi connectivity index (χ0n) is 27.3. The lowest BCUT2D eigenvalue weighted by Crippen LogP contribution is -2.02. The first-order valence-electron chi connectivity index (χ1n) is 15.8. The lowest BCUT2D eigenvalue weighted by molar-refractivity contribution is 0.940. The average molecular weight is 657 g/mol. The fourth-order valence-electron chi connectivity index (χ4n) is 5.23. The predicted molar refractivity (Wildman–Crippen MR) is 196 cm³/mol. The third kappa shape index (κ3) is 6.66. The fourth-order valence-corrected chi connectivity index (χ4v) is 5.23. The van der Waals surface area contributed by atoms with Gasteiger partial charge in [-0.2, -0.15) is 29.5 Å². The minimum Gasteiger partial charge on any atom is -0.382 e. The summed E-state index contributed by atoms with van der Waals surface area (Å²) in [5, 5.41) is 26.2. The van der Waals surface area contributed by atoms with Crippen LogP contribution in [0.4, 0.5) is 34.4 Å². The number of fused-ring (bicyclic) bond motifs is 2. The highest BCUT2D eigenvalue weighted by molar-refractivity contribution is 5.71. The van der Waals surface area contributed by atoms with Gasteiger partial charge in [-0.15, -0.1) is 10.2 Å². The van der Waals surface area contributed by atoms with Crippen LogP contribution < -0.4 is 11.5 Å². The smallest absolute Gasteiger partial charge is 0.158 e. The van der Waals surface area contributed by atoms with Crippen LogP contribution in [0.25, 0.3) is 33.8 Å². The van der Waals surface area contributed by atoms with Crippen LogP contribution in [0.15, 0.2) is 154 Å². The number of aromatic nitrogens is 6. The highest BCUT2D eigenvalue weighted by Crippen LogP contribution is 2.31. The zero-order chi connectivity index (χ0) is 34.5. The molecule has 0 unspecified atom stereocenters. The lowest BCUT2D eigenvalue weighted by Gasteiger charge is -2.05. The maximum absolute atomic E-state index is 6.28. The number of hydrogen-bond acceptors (Lipinski definition) is 10. The van der Waals surface area contributed by atoms with E-state index in [0.29, 0.717) is 45.7 Å². The molecule has 4 heterocycles. The van der Waals surface area contributed by atoms with Crippen molar-refractivity contribution in [3.63, 3.8) is 0 Å². The molecule has 12 heteroatoms. The number of hydrogen-bond donors (Lipinski definition) is 2. The van der Waals surface area contributed by atoms with E-state index in [2.05, 4.69) is 40.6 Å². The van der Waals surface area contributed by atoms with Crippen molar-refractivity contribution in [1.82, 2.24) is 29.2 Å². The molecular formula is C38H32N12. The molecule has 0 saturated carbocycles. The number of nitrogen functional groups attached to an aromatic ring is 2. The maximum Gasteiger partial charge on any atom is 0.158 e. The summed E-state index contributed by atoms with van der Waals surface area (Å²) < 4.78 is 3.21. The van der Waals surface area contributed by atoms with Crippen molar-refractivity contribution in [3.8, 4) is 22.5 Å². The zero-order valence-corrected chi connectivity index (χ0v) is 27.3. The van der Waals surface area contributed by atoms with Gasteiger partial charge in [0.25, 0.3) is 0 Å². The van der Waals surface area contributed by atoms with E-state index >= 15 is 0 Å². The van der Waals surface area contributed by atoms with Crippen molar-refractivity contribution in [1.29, 1.82) is 0 Å². The molecule has 0 bridgehead atoms. The van der Waals surface area contributed by atoms with Crippen LogP contribution in [0.1, 0.15) is 11.4 Å². The summed E-state index contributed by atoms with van der Waals surface area (Å²) in [6.45, 7) is 3.73.